The molecule has 0 aliphatic carbocycles. The van der Waals surface area contributed by atoms with Gasteiger partial charge in [0.15, 0.2) is 16.9 Å². The number of amides is 1. The van der Waals surface area contributed by atoms with Gasteiger partial charge in [0.05, 0.1) is 26.6 Å². The van der Waals surface area contributed by atoms with Gasteiger partial charge in [0.25, 0.3) is 0 Å². The first-order valence-electron chi connectivity index (χ1n) is 12.8. The first kappa shape index (κ1) is 29.1. The third-order valence-electron chi connectivity index (χ3n) is 7.25. The summed E-state index contributed by atoms with van der Waals surface area (Å²) in [7, 11) is 1.37. The molecule has 216 valence electrons. The lowest BCUT2D eigenvalue weighted by Gasteiger charge is -2.47. The van der Waals surface area contributed by atoms with Crippen LogP contribution in [0.2, 0.25) is 0 Å². The van der Waals surface area contributed by atoms with Crippen LogP contribution in [0.5, 0.6) is 11.5 Å². The predicted molar refractivity (Wildman–Crippen MR) is 133 cm³/mol. The molecule has 39 heavy (non-hydrogen) atoms. The fraction of sp³-hybridized carbons (Fsp3) is 0.615. The number of carbonyl (C=O) groups excluding carboxylic acids is 2. The second kappa shape index (κ2) is 12.1. The first-order chi connectivity index (χ1) is 18.7. The maximum Gasteiger partial charge on any atom is 0.306 e. The number of aliphatic hydroxyl groups excluding tert-OH is 4. The van der Waals surface area contributed by atoms with Crippen molar-refractivity contribution in [2.24, 2.45) is 0 Å². The molecule has 4 rings (SSSR count). The van der Waals surface area contributed by atoms with Crippen LogP contribution in [0.3, 0.4) is 0 Å². The van der Waals surface area contributed by atoms with Gasteiger partial charge < -0.3 is 54.2 Å². The molecule has 2 fully saturated rings. The number of hydrogen-bond acceptors (Lipinski definition) is 12. The van der Waals surface area contributed by atoms with Gasteiger partial charge in [-0.3, -0.25) is 9.59 Å². The smallest absolute Gasteiger partial charge is 0.306 e. The minimum absolute atomic E-state index is 0.0252. The molecule has 0 saturated carbocycles. The predicted octanol–water partition coefficient (Wildman–Crippen LogP) is -0.528. The highest BCUT2D eigenvalue weighted by atomic mass is 16.7. The Labute approximate surface area is 224 Å². The van der Waals surface area contributed by atoms with Crippen LogP contribution in [0.25, 0.3) is 11.0 Å². The van der Waals surface area contributed by atoms with E-state index >= 15 is 0 Å². The number of carbonyl (C=O) groups is 2. The molecule has 2 aliphatic rings. The van der Waals surface area contributed by atoms with Gasteiger partial charge >= 0.3 is 5.97 Å². The van der Waals surface area contributed by atoms with Crippen molar-refractivity contribution in [3.8, 4) is 11.5 Å². The second-order valence-corrected chi connectivity index (χ2v) is 9.68. The lowest BCUT2D eigenvalue weighted by Crippen LogP contribution is -2.68. The van der Waals surface area contributed by atoms with E-state index in [-0.39, 0.29) is 54.8 Å². The summed E-state index contributed by atoms with van der Waals surface area (Å²) in [4.78, 5) is 24.1. The van der Waals surface area contributed by atoms with E-state index in [1.54, 1.807) is 13.0 Å². The van der Waals surface area contributed by atoms with Crippen LogP contribution >= 0.6 is 0 Å². The van der Waals surface area contributed by atoms with E-state index in [1.165, 1.54) is 13.4 Å². The van der Waals surface area contributed by atoms with Crippen LogP contribution in [0.4, 0.5) is 0 Å². The highest BCUT2D eigenvalue weighted by Crippen LogP contribution is 2.46. The van der Waals surface area contributed by atoms with E-state index in [2.05, 4.69) is 5.32 Å². The molecule has 13 heteroatoms. The van der Waals surface area contributed by atoms with E-state index in [4.69, 9.17) is 23.4 Å². The van der Waals surface area contributed by atoms with Gasteiger partial charge in [-0.15, -0.1) is 0 Å². The van der Waals surface area contributed by atoms with Crippen molar-refractivity contribution in [1.29, 1.82) is 0 Å². The fourth-order valence-corrected chi connectivity index (χ4v) is 5.13. The van der Waals surface area contributed by atoms with Crippen LogP contribution < -0.4 is 14.8 Å². The minimum atomic E-state index is -2.28. The van der Waals surface area contributed by atoms with Gasteiger partial charge in [0.2, 0.25) is 17.9 Å². The van der Waals surface area contributed by atoms with E-state index in [9.17, 15) is 35.1 Å². The number of benzene rings is 1. The Bertz CT molecular complexity index is 1180. The zero-order valence-electron chi connectivity index (χ0n) is 21.8. The van der Waals surface area contributed by atoms with Crippen LogP contribution in [0.1, 0.15) is 43.2 Å². The van der Waals surface area contributed by atoms with E-state index in [1.807, 2.05) is 0 Å². The van der Waals surface area contributed by atoms with E-state index in [0.717, 1.165) is 5.56 Å². The van der Waals surface area contributed by atoms with Gasteiger partial charge in [0.1, 0.15) is 18.3 Å². The van der Waals surface area contributed by atoms with Crippen LogP contribution in [0.15, 0.2) is 16.7 Å². The van der Waals surface area contributed by atoms with Crippen molar-refractivity contribution in [3.63, 3.8) is 0 Å². The Morgan fingerprint density at radius 2 is 2.03 bits per heavy atom. The number of fused-ring (bicyclic) bond motifs is 1. The number of nitrogens with one attached hydrogen (secondary N) is 1. The number of esters is 1. The molecule has 13 nitrogen and oxygen atoms in total. The Morgan fingerprint density at radius 3 is 2.64 bits per heavy atom. The number of hydrogen-bond donors (Lipinski definition) is 6. The number of rotatable bonds is 11. The van der Waals surface area contributed by atoms with Crippen LogP contribution in [-0.2, 0) is 25.5 Å². The summed E-state index contributed by atoms with van der Waals surface area (Å²) >= 11 is 0. The highest BCUT2D eigenvalue weighted by molar-refractivity contribution is 5.92. The highest BCUT2D eigenvalue weighted by Gasteiger charge is 2.56. The molecule has 3 heterocycles. The van der Waals surface area contributed by atoms with Crippen LogP contribution in [0, 0.1) is 0 Å². The summed E-state index contributed by atoms with van der Waals surface area (Å²) in [5, 5.41) is 55.0. The molecule has 1 amide bonds. The van der Waals surface area contributed by atoms with Crippen molar-refractivity contribution in [1.82, 2.24) is 5.32 Å². The molecule has 0 bridgehead atoms. The lowest BCUT2D eigenvalue weighted by molar-refractivity contribution is -0.323. The summed E-state index contributed by atoms with van der Waals surface area (Å²) in [6, 6.07) is 1.73. The number of aliphatic hydroxyl groups is 5. The number of methoxy groups -OCH3 is 1. The molecule has 0 radical (unpaired) electrons. The Morgan fingerprint density at radius 1 is 1.26 bits per heavy atom. The van der Waals surface area contributed by atoms with E-state index in [0.29, 0.717) is 17.5 Å². The van der Waals surface area contributed by atoms with Crippen molar-refractivity contribution in [2.75, 3.05) is 33.5 Å². The number of furan rings is 1. The monoisotopic (exact) mass is 553 g/mol. The van der Waals surface area contributed by atoms with Gasteiger partial charge in [-0.05, 0) is 25.0 Å². The van der Waals surface area contributed by atoms with E-state index < -0.39 is 55.8 Å². The number of aryl methyl sites for hydroxylation is 1. The molecule has 6 N–H and O–H groups in total. The zero-order chi connectivity index (χ0) is 28.3. The summed E-state index contributed by atoms with van der Waals surface area (Å²) < 4.78 is 28.3. The molecule has 2 aliphatic heterocycles. The molecule has 2 aromatic rings. The summed E-state index contributed by atoms with van der Waals surface area (Å²) in [5.41, 5.74) is -0.788. The van der Waals surface area contributed by atoms with Crippen molar-refractivity contribution < 1.29 is 58.5 Å². The average molecular weight is 554 g/mol. The van der Waals surface area contributed by atoms with Gasteiger partial charge in [0, 0.05) is 49.3 Å². The molecule has 2 saturated heterocycles. The second-order valence-electron chi connectivity index (χ2n) is 9.68. The standard InChI is InChI=1S/C26H35NO12/c1-3-36-19(31)5-4-13-8-15-16(14-9-18(30)27-10-14)12-37-22(15)23(35-2)21(13)39-25-26(34,6-7-28)24(33)20(32)17(11-29)38-25/h8,12,14,17,20,24-25,28-29,32-34H,3-7,9-11H2,1-2H3,(H,27,30)/t14-,17-,20-,24+,25-,26-/m1/s1. The molecular formula is C26H35NO12. The van der Waals surface area contributed by atoms with Crippen LogP contribution in [-0.4, -0.2) is 101 Å². The molecule has 6 atom stereocenters. The van der Waals surface area contributed by atoms with Crippen molar-refractivity contribution in [3.05, 3.63) is 23.5 Å². The van der Waals surface area contributed by atoms with Gasteiger partial charge in [-0.2, -0.15) is 0 Å². The average Bonchev–Trinajstić information content (AvgIpc) is 3.53. The SMILES string of the molecule is CCOC(=O)CCc1cc2c([C@H]3CNC(=O)C3)coc2c(OC)c1O[C@H]1O[C@H](CO)[C@@H](O)[C@H](O)[C@]1(O)CCO. The molecule has 1 aromatic heterocycles. The van der Waals surface area contributed by atoms with Crippen molar-refractivity contribution in [2.45, 2.75) is 68.7 Å². The fourth-order valence-electron chi connectivity index (χ4n) is 5.13. The quantitative estimate of drug-likeness (QED) is 0.195. The Balaban J connectivity index is 1.81. The number of ether oxygens (including phenoxy) is 4. The third-order valence-corrected chi connectivity index (χ3v) is 7.25. The molecule has 0 spiro atoms. The first-order valence-corrected chi connectivity index (χ1v) is 12.8. The molecule has 1 aromatic carbocycles. The maximum absolute atomic E-state index is 12.2. The largest absolute Gasteiger partial charge is 0.490 e. The normalized spacial score (nSPS) is 28.9. The van der Waals surface area contributed by atoms with Gasteiger partial charge in [-0.25, -0.2) is 0 Å². The summed E-state index contributed by atoms with van der Waals surface area (Å²) in [6.45, 7) is 1.06. The van der Waals surface area contributed by atoms with Crippen molar-refractivity contribution >= 4 is 22.8 Å². The Kier molecular flexibility index (Phi) is 8.99. The lowest BCUT2D eigenvalue weighted by atomic mass is 9.84. The topological polar surface area (TPSA) is 197 Å². The maximum atomic E-state index is 12.2. The zero-order valence-corrected chi connectivity index (χ0v) is 21.8. The molecule has 0 unspecified atom stereocenters. The Hall–Kier alpha value is -2.94. The summed E-state index contributed by atoms with van der Waals surface area (Å²) in [5.74, 6) is -0.555. The minimum Gasteiger partial charge on any atom is -0.490 e. The third kappa shape index (κ3) is 5.55. The summed E-state index contributed by atoms with van der Waals surface area (Å²) in [6.07, 6.45) is -4.99. The van der Waals surface area contributed by atoms with Gasteiger partial charge in [-0.1, -0.05) is 0 Å². The molecular weight excluding hydrogens is 518 g/mol.